The average molecular weight is 294 g/mol. The van der Waals surface area contributed by atoms with Gasteiger partial charge in [0.15, 0.2) is 0 Å². The van der Waals surface area contributed by atoms with E-state index in [9.17, 15) is 14.0 Å². The number of carbonyl (C=O) groups is 2. The summed E-state index contributed by atoms with van der Waals surface area (Å²) in [6.45, 7) is 2.53. The maximum Gasteiger partial charge on any atom is 0.234 e. The van der Waals surface area contributed by atoms with Crippen molar-refractivity contribution in [1.82, 2.24) is 10.2 Å². The fourth-order valence-electron chi connectivity index (χ4n) is 2.21. The lowest BCUT2D eigenvalue weighted by Gasteiger charge is -2.26. The number of amides is 2. The Bertz CT molecular complexity index is 536. The van der Waals surface area contributed by atoms with Crippen molar-refractivity contribution in [2.45, 2.75) is 12.8 Å². The SMILES string of the molecule is Nc1cc(F)ccc1NC(=O)CCCN1CCNC(=O)C1. The van der Waals surface area contributed by atoms with E-state index in [4.69, 9.17) is 5.73 Å². The van der Waals surface area contributed by atoms with Crippen LogP contribution in [0.4, 0.5) is 15.8 Å². The number of hydrogen-bond acceptors (Lipinski definition) is 4. The second-order valence-corrected chi connectivity index (χ2v) is 5.01. The molecule has 21 heavy (non-hydrogen) atoms. The van der Waals surface area contributed by atoms with Gasteiger partial charge in [-0.25, -0.2) is 4.39 Å². The third-order valence-corrected chi connectivity index (χ3v) is 3.28. The highest BCUT2D eigenvalue weighted by molar-refractivity contribution is 5.93. The van der Waals surface area contributed by atoms with E-state index in [0.29, 0.717) is 38.2 Å². The summed E-state index contributed by atoms with van der Waals surface area (Å²) in [5.41, 5.74) is 6.24. The van der Waals surface area contributed by atoms with E-state index >= 15 is 0 Å². The molecule has 0 aromatic heterocycles. The minimum absolute atomic E-state index is 0.0183. The Kier molecular flexibility index (Phi) is 5.10. The number of nitrogens with one attached hydrogen (secondary N) is 2. The molecule has 2 rings (SSSR count). The number of halogens is 1. The predicted octanol–water partition coefficient (Wildman–Crippen LogP) is 0.558. The zero-order chi connectivity index (χ0) is 15.2. The molecule has 0 aliphatic carbocycles. The van der Waals surface area contributed by atoms with Crippen LogP contribution in [0.15, 0.2) is 18.2 Å². The first-order valence-corrected chi connectivity index (χ1v) is 6.88. The summed E-state index contributed by atoms with van der Waals surface area (Å²) in [6.07, 6.45) is 0.981. The molecule has 1 aliphatic heterocycles. The van der Waals surface area contributed by atoms with Gasteiger partial charge in [-0.05, 0) is 31.2 Å². The molecular formula is C14H19FN4O2. The van der Waals surface area contributed by atoms with Crippen molar-refractivity contribution in [2.24, 2.45) is 0 Å². The van der Waals surface area contributed by atoms with Crippen molar-refractivity contribution >= 4 is 23.2 Å². The van der Waals surface area contributed by atoms with Gasteiger partial charge in [0.05, 0.1) is 17.9 Å². The Morgan fingerprint density at radius 1 is 1.48 bits per heavy atom. The van der Waals surface area contributed by atoms with E-state index in [1.54, 1.807) is 0 Å². The number of hydrogen-bond donors (Lipinski definition) is 3. The standard InChI is InChI=1S/C14H19FN4O2/c15-10-3-4-12(11(16)8-10)18-13(20)2-1-6-19-7-5-17-14(21)9-19/h3-4,8H,1-2,5-7,9,16H2,(H,17,21)(H,18,20). The summed E-state index contributed by atoms with van der Waals surface area (Å²) in [5, 5.41) is 5.41. The van der Waals surface area contributed by atoms with Crippen LogP contribution in [-0.2, 0) is 9.59 Å². The first kappa shape index (κ1) is 15.2. The van der Waals surface area contributed by atoms with E-state index < -0.39 is 5.82 Å². The number of benzene rings is 1. The molecule has 1 aromatic carbocycles. The highest BCUT2D eigenvalue weighted by Crippen LogP contribution is 2.19. The third kappa shape index (κ3) is 4.71. The van der Waals surface area contributed by atoms with Gasteiger partial charge in [0.25, 0.3) is 0 Å². The molecule has 0 unspecified atom stereocenters. The molecule has 0 bridgehead atoms. The molecule has 6 nitrogen and oxygen atoms in total. The quantitative estimate of drug-likeness (QED) is 0.692. The molecule has 0 spiro atoms. The highest BCUT2D eigenvalue weighted by atomic mass is 19.1. The van der Waals surface area contributed by atoms with Crippen LogP contribution >= 0.6 is 0 Å². The fraction of sp³-hybridized carbons (Fsp3) is 0.429. The van der Waals surface area contributed by atoms with Crippen LogP contribution in [0.3, 0.4) is 0 Å². The van der Waals surface area contributed by atoms with Gasteiger partial charge in [0.1, 0.15) is 5.82 Å². The summed E-state index contributed by atoms with van der Waals surface area (Å²) in [5.74, 6) is -0.589. The summed E-state index contributed by atoms with van der Waals surface area (Å²) >= 11 is 0. The van der Waals surface area contributed by atoms with Gasteiger partial charge in [-0.2, -0.15) is 0 Å². The molecule has 1 heterocycles. The molecule has 1 saturated heterocycles. The number of nitrogens with zero attached hydrogens (tertiary/aromatic N) is 1. The van der Waals surface area contributed by atoms with E-state index in [2.05, 4.69) is 10.6 Å². The molecule has 2 amide bonds. The largest absolute Gasteiger partial charge is 0.397 e. The summed E-state index contributed by atoms with van der Waals surface area (Å²) in [7, 11) is 0. The van der Waals surface area contributed by atoms with Gasteiger partial charge < -0.3 is 16.4 Å². The lowest BCUT2D eigenvalue weighted by atomic mass is 10.2. The lowest BCUT2D eigenvalue weighted by Crippen LogP contribution is -2.47. The average Bonchev–Trinajstić information content (AvgIpc) is 2.42. The van der Waals surface area contributed by atoms with Gasteiger partial charge in [0, 0.05) is 19.5 Å². The monoisotopic (exact) mass is 294 g/mol. The molecule has 0 saturated carbocycles. The second kappa shape index (κ2) is 7.03. The van der Waals surface area contributed by atoms with Gasteiger partial charge in [-0.1, -0.05) is 0 Å². The molecule has 4 N–H and O–H groups in total. The molecular weight excluding hydrogens is 275 g/mol. The van der Waals surface area contributed by atoms with Gasteiger partial charge in [0.2, 0.25) is 11.8 Å². The first-order valence-electron chi connectivity index (χ1n) is 6.88. The molecule has 0 radical (unpaired) electrons. The number of piperazine rings is 1. The van der Waals surface area contributed by atoms with Gasteiger partial charge in [-0.15, -0.1) is 0 Å². The van der Waals surface area contributed by atoms with Crippen molar-refractivity contribution in [3.63, 3.8) is 0 Å². The maximum atomic E-state index is 12.9. The van der Waals surface area contributed by atoms with E-state index in [1.165, 1.54) is 18.2 Å². The van der Waals surface area contributed by atoms with Crippen molar-refractivity contribution in [1.29, 1.82) is 0 Å². The molecule has 114 valence electrons. The minimum atomic E-state index is -0.436. The van der Waals surface area contributed by atoms with Crippen LogP contribution in [0.2, 0.25) is 0 Å². The number of carbonyl (C=O) groups excluding carboxylic acids is 2. The fourth-order valence-corrected chi connectivity index (χ4v) is 2.21. The van der Waals surface area contributed by atoms with Gasteiger partial charge >= 0.3 is 0 Å². The van der Waals surface area contributed by atoms with Crippen molar-refractivity contribution in [3.8, 4) is 0 Å². The van der Waals surface area contributed by atoms with Crippen molar-refractivity contribution < 1.29 is 14.0 Å². The van der Waals surface area contributed by atoms with Crippen LogP contribution in [0.5, 0.6) is 0 Å². The van der Waals surface area contributed by atoms with Crippen LogP contribution in [0, 0.1) is 5.82 Å². The normalized spacial score (nSPS) is 15.6. The van der Waals surface area contributed by atoms with Crippen LogP contribution in [-0.4, -0.2) is 42.9 Å². The number of anilines is 2. The summed E-state index contributed by atoms with van der Waals surface area (Å²) in [6, 6.07) is 3.86. The Morgan fingerprint density at radius 3 is 3.00 bits per heavy atom. The third-order valence-electron chi connectivity index (χ3n) is 3.28. The number of nitrogen functional groups attached to an aromatic ring is 1. The van der Waals surface area contributed by atoms with Crippen molar-refractivity contribution in [2.75, 3.05) is 37.2 Å². The Morgan fingerprint density at radius 2 is 2.29 bits per heavy atom. The summed E-state index contributed by atoms with van der Waals surface area (Å²) < 4.78 is 12.9. The van der Waals surface area contributed by atoms with Crippen LogP contribution < -0.4 is 16.4 Å². The Labute approximate surface area is 122 Å². The van der Waals surface area contributed by atoms with Crippen LogP contribution in [0.1, 0.15) is 12.8 Å². The number of nitrogens with two attached hydrogens (primary N) is 1. The first-order chi connectivity index (χ1) is 10.0. The number of rotatable bonds is 5. The topological polar surface area (TPSA) is 87.5 Å². The second-order valence-electron chi connectivity index (χ2n) is 5.01. The minimum Gasteiger partial charge on any atom is -0.397 e. The van der Waals surface area contributed by atoms with E-state index in [-0.39, 0.29) is 17.5 Å². The smallest absolute Gasteiger partial charge is 0.234 e. The molecule has 7 heteroatoms. The molecule has 1 fully saturated rings. The zero-order valence-corrected chi connectivity index (χ0v) is 11.7. The zero-order valence-electron chi connectivity index (χ0n) is 11.7. The highest BCUT2D eigenvalue weighted by Gasteiger charge is 2.15. The van der Waals surface area contributed by atoms with Gasteiger partial charge in [-0.3, -0.25) is 14.5 Å². The molecule has 1 aliphatic rings. The molecule has 0 atom stereocenters. The maximum absolute atomic E-state index is 12.9. The van der Waals surface area contributed by atoms with E-state index in [0.717, 1.165) is 6.54 Å². The van der Waals surface area contributed by atoms with Crippen LogP contribution in [0.25, 0.3) is 0 Å². The lowest BCUT2D eigenvalue weighted by molar-refractivity contribution is -0.124. The molecule has 1 aromatic rings. The predicted molar refractivity (Wildman–Crippen MR) is 78.1 cm³/mol. The Hall–Kier alpha value is -2.15. The van der Waals surface area contributed by atoms with E-state index in [1.807, 2.05) is 4.90 Å². The van der Waals surface area contributed by atoms with Crippen molar-refractivity contribution in [3.05, 3.63) is 24.0 Å². The Balaban J connectivity index is 1.73. The summed E-state index contributed by atoms with van der Waals surface area (Å²) in [4.78, 5) is 25.0.